The van der Waals surface area contributed by atoms with Crippen LogP contribution in [0, 0.1) is 0 Å². The van der Waals surface area contributed by atoms with Crippen molar-refractivity contribution in [3.63, 3.8) is 0 Å². The molecule has 18 heteroatoms. The molecule has 0 aromatic heterocycles. The van der Waals surface area contributed by atoms with Gasteiger partial charge in [-0.25, -0.2) is 10.4 Å². The van der Waals surface area contributed by atoms with Crippen LogP contribution in [0.15, 0.2) is 41.3 Å². The summed E-state index contributed by atoms with van der Waals surface area (Å²) in [6, 6.07) is 5.25. The molecule has 46 heavy (non-hydrogen) atoms. The van der Waals surface area contributed by atoms with E-state index >= 15 is 0 Å². The molecule has 2 heterocycles. The van der Waals surface area contributed by atoms with Gasteiger partial charge in [0.15, 0.2) is 4.32 Å². The van der Waals surface area contributed by atoms with Crippen molar-refractivity contribution in [1.29, 1.82) is 0 Å². The summed E-state index contributed by atoms with van der Waals surface area (Å²) in [7, 11) is 0. The molecule has 10 nitrogen and oxygen atoms in total. The molecule has 248 valence electrons. The first-order chi connectivity index (χ1) is 21.6. The van der Waals surface area contributed by atoms with Crippen LogP contribution >= 0.6 is 24.0 Å². The zero-order valence-electron chi connectivity index (χ0n) is 23.7. The van der Waals surface area contributed by atoms with Crippen LogP contribution in [0.25, 0.3) is 17.2 Å². The zero-order chi connectivity index (χ0) is 33.6. The molecule has 3 N–H and O–H groups in total. The minimum Gasteiger partial charge on any atom is -0.492 e. The third-order valence-electron chi connectivity index (χ3n) is 6.61. The highest BCUT2D eigenvalue weighted by Crippen LogP contribution is 2.40. The molecule has 0 atom stereocenters. The van der Waals surface area contributed by atoms with Gasteiger partial charge in [-0.1, -0.05) is 30.0 Å². The molecule has 0 unspecified atom stereocenters. The molecule has 0 aliphatic carbocycles. The quantitative estimate of drug-likeness (QED) is 0.181. The van der Waals surface area contributed by atoms with E-state index in [0.717, 1.165) is 16.8 Å². The number of hydrogen-bond acceptors (Lipinski definition) is 9. The van der Waals surface area contributed by atoms with E-state index < -0.39 is 54.4 Å². The van der Waals surface area contributed by atoms with Crippen molar-refractivity contribution in [2.75, 3.05) is 52.5 Å². The van der Waals surface area contributed by atoms with Gasteiger partial charge in [0, 0.05) is 25.2 Å². The van der Waals surface area contributed by atoms with Crippen molar-refractivity contribution in [1.82, 2.24) is 20.7 Å². The number of thioether (sulfide) groups is 1. The summed E-state index contributed by atoms with van der Waals surface area (Å²) in [6.07, 6.45) is -8.77. The summed E-state index contributed by atoms with van der Waals surface area (Å²) in [6.45, 7) is 2.00. The maximum atomic E-state index is 13.5. The van der Waals surface area contributed by atoms with E-state index in [1.165, 1.54) is 24.3 Å². The number of halogens is 6. The fraction of sp³-hybridized carbons (Fsp3) is 0.357. The predicted molar refractivity (Wildman–Crippen MR) is 158 cm³/mol. The number of hydrazine groups is 1. The molecular weight excluding hydrogens is 666 g/mol. The summed E-state index contributed by atoms with van der Waals surface area (Å²) in [5.41, 5.74) is -0.664. The molecule has 2 saturated heterocycles. The number of nitrogens with zero attached hydrogens (tertiary/aromatic N) is 2. The Morgan fingerprint density at radius 3 is 2.26 bits per heavy atom. The van der Waals surface area contributed by atoms with Gasteiger partial charge in [0.05, 0.1) is 35.8 Å². The predicted octanol–water partition coefficient (Wildman–Crippen LogP) is 4.01. The monoisotopic (exact) mass is 692 g/mol. The highest BCUT2D eigenvalue weighted by Gasteiger charge is 2.37. The number of carbonyl (C=O) groups is 3. The average Bonchev–Trinajstić information content (AvgIpc) is 3.26. The van der Waals surface area contributed by atoms with Crippen LogP contribution < -0.4 is 15.5 Å². The number of morpholine rings is 1. The molecular formula is C28H26F6N4O6S2. The zero-order valence-corrected chi connectivity index (χ0v) is 25.3. The second kappa shape index (κ2) is 14.8. The highest BCUT2D eigenvalue weighted by molar-refractivity contribution is 8.26. The molecule has 0 bridgehead atoms. The SMILES string of the molecule is O=C(O)CNC(=O)CNN1C(=O)/C(=C/c2cc(-c3cc(C(F)(F)F)cc(C(F)(F)F)c3)ccc2OCCN2CCOCC2)SC1=S. The first-order valence-corrected chi connectivity index (χ1v) is 14.7. The number of ether oxygens (including phenoxy) is 2. The number of rotatable bonds is 11. The molecule has 2 aliphatic heterocycles. The number of aliphatic carboxylic acids is 1. The Bertz CT molecular complexity index is 1500. The van der Waals surface area contributed by atoms with Gasteiger partial charge in [-0.05, 0) is 47.5 Å². The van der Waals surface area contributed by atoms with Gasteiger partial charge >= 0.3 is 18.3 Å². The van der Waals surface area contributed by atoms with E-state index in [4.69, 9.17) is 26.8 Å². The van der Waals surface area contributed by atoms with Crippen LogP contribution in [0.2, 0.25) is 0 Å². The number of alkyl halides is 6. The summed E-state index contributed by atoms with van der Waals surface area (Å²) < 4.78 is 92.5. The Balaban J connectivity index is 1.65. The Kier molecular flexibility index (Phi) is 11.3. The summed E-state index contributed by atoms with van der Waals surface area (Å²) in [5, 5.41) is 11.7. The maximum Gasteiger partial charge on any atom is 0.416 e. The van der Waals surface area contributed by atoms with Crippen LogP contribution in [0.1, 0.15) is 16.7 Å². The summed E-state index contributed by atoms with van der Waals surface area (Å²) >= 11 is 6.04. The van der Waals surface area contributed by atoms with Crippen molar-refractivity contribution in [3.8, 4) is 16.9 Å². The fourth-order valence-electron chi connectivity index (χ4n) is 4.34. The van der Waals surface area contributed by atoms with Gasteiger partial charge in [0.25, 0.3) is 5.91 Å². The van der Waals surface area contributed by atoms with Crippen molar-refractivity contribution >= 4 is 52.2 Å². The Morgan fingerprint density at radius 2 is 1.65 bits per heavy atom. The molecule has 0 radical (unpaired) electrons. The van der Waals surface area contributed by atoms with Crippen LogP contribution in [0.3, 0.4) is 0 Å². The fourth-order valence-corrected chi connectivity index (χ4v) is 5.54. The number of carboxylic acid groups (broad SMARTS) is 1. The molecule has 2 aromatic rings. The van der Waals surface area contributed by atoms with Crippen LogP contribution in [0.5, 0.6) is 5.75 Å². The Labute approximate surface area is 267 Å². The average molecular weight is 693 g/mol. The van der Waals surface area contributed by atoms with Crippen molar-refractivity contribution in [2.24, 2.45) is 0 Å². The minimum absolute atomic E-state index is 0.00733. The van der Waals surface area contributed by atoms with Crippen molar-refractivity contribution < 1.29 is 55.3 Å². The van der Waals surface area contributed by atoms with Crippen molar-refractivity contribution in [3.05, 3.63) is 58.0 Å². The highest BCUT2D eigenvalue weighted by atomic mass is 32.2. The van der Waals surface area contributed by atoms with Gasteiger partial charge in [-0.2, -0.15) is 26.3 Å². The van der Waals surface area contributed by atoms with Gasteiger partial charge in [-0.3, -0.25) is 19.3 Å². The number of carboxylic acids is 1. The summed E-state index contributed by atoms with van der Waals surface area (Å²) in [5.74, 6) is -2.51. The Hall–Kier alpha value is -3.71. The molecule has 4 rings (SSSR count). The molecule has 2 aromatic carbocycles. The van der Waals surface area contributed by atoms with E-state index in [9.17, 15) is 40.7 Å². The number of nitrogens with one attached hydrogen (secondary N) is 2. The van der Waals surface area contributed by atoms with Gasteiger partial charge in [0.1, 0.15) is 18.9 Å². The van der Waals surface area contributed by atoms with Crippen LogP contribution in [0.4, 0.5) is 26.3 Å². The van der Waals surface area contributed by atoms with Gasteiger partial charge in [0.2, 0.25) is 5.91 Å². The lowest BCUT2D eigenvalue weighted by Crippen LogP contribution is -2.47. The molecule has 2 fully saturated rings. The topological polar surface area (TPSA) is 120 Å². The van der Waals surface area contributed by atoms with Gasteiger partial charge in [-0.15, -0.1) is 0 Å². The first kappa shape index (κ1) is 35.1. The normalized spacial score (nSPS) is 17.1. The van der Waals surface area contributed by atoms with E-state index in [2.05, 4.69) is 15.6 Å². The van der Waals surface area contributed by atoms with Crippen molar-refractivity contribution in [2.45, 2.75) is 12.4 Å². The third-order valence-corrected chi connectivity index (χ3v) is 7.92. The molecule has 0 saturated carbocycles. The number of amides is 2. The van der Waals surface area contributed by atoms with E-state index in [-0.39, 0.29) is 44.3 Å². The number of carbonyl (C=O) groups excluding carboxylic acids is 2. The number of thiocarbonyl (C=S) groups is 1. The second-order valence-corrected chi connectivity index (χ2v) is 11.5. The lowest BCUT2D eigenvalue weighted by atomic mass is 9.97. The van der Waals surface area contributed by atoms with E-state index in [1.54, 1.807) is 0 Å². The number of hydrogen-bond donors (Lipinski definition) is 3. The smallest absolute Gasteiger partial charge is 0.416 e. The van der Waals surface area contributed by atoms with Crippen LogP contribution in [-0.2, 0) is 31.5 Å². The lowest BCUT2D eigenvalue weighted by Gasteiger charge is -2.26. The minimum atomic E-state index is -5.05. The van der Waals surface area contributed by atoms with Gasteiger partial charge < -0.3 is 19.9 Å². The van der Waals surface area contributed by atoms with E-state index in [1.807, 2.05) is 0 Å². The molecule has 0 spiro atoms. The number of benzene rings is 2. The Morgan fingerprint density at radius 1 is 1.00 bits per heavy atom. The summed E-state index contributed by atoms with van der Waals surface area (Å²) in [4.78, 5) is 37.8. The van der Waals surface area contributed by atoms with E-state index in [0.29, 0.717) is 45.0 Å². The van der Waals surface area contributed by atoms with Crippen LogP contribution in [-0.4, -0.2) is 89.7 Å². The molecule has 2 aliphatic rings. The standard InChI is InChI=1S/C28H26F6N4O6S2/c29-27(30,31)19-10-17(11-20(13-19)28(32,33)34)16-1-2-21(44-8-5-37-3-6-43-7-4-37)18(9-16)12-22-25(42)38(26(45)46-22)36-14-23(39)35-15-24(40)41/h1-2,9-13,36H,3-8,14-15H2,(H,35,39)(H,40,41)/b22-12-. The lowest BCUT2D eigenvalue weighted by molar-refractivity contribution is -0.143. The molecule has 2 amide bonds. The largest absolute Gasteiger partial charge is 0.492 e. The maximum absolute atomic E-state index is 13.5. The third kappa shape index (κ3) is 9.41. The first-order valence-electron chi connectivity index (χ1n) is 13.5. The second-order valence-electron chi connectivity index (χ2n) is 9.87.